The van der Waals surface area contributed by atoms with E-state index in [1.165, 1.54) is 0 Å². The number of fused-ring (bicyclic) bond motifs is 1. The van der Waals surface area contributed by atoms with Gasteiger partial charge in [0.05, 0.1) is 11.0 Å². The average Bonchev–Trinajstić information content (AvgIpc) is 2.91. The Hall–Kier alpha value is -2.32. The highest BCUT2D eigenvalue weighted by Gasteiger charge is 2.40. The molecule has 1 saturated heterocycles. The van der Waals surface area contributed by atoms with Gasteiger partial charge in [-0.15, -0.1) is 0 Å². The first-order chi connectivity index (χ1) is 11.4. The molecule has 2 heterocycles. The summed E-state index contributed by atoms with van der Waals surface area (Å²) >= 11 is 0. The van der Waals surface area contributed by atoms with Crippen molar-refractivity contribution < 1.29 is 17.2 Å². The van der Waals surface area contributed by atoms with Crippen LogP contribution in [0.2, 0.25) is 0 Å². The number of imidazole rings is 1. The van der Waals surface area contributed by atoms with Crippen molar-refractivity contribution in [1.29, 1.82) is 0 Å². The van der Waals surface area contributed by atoms with Crippen LogP contribution in [0.4, 0.5) is 8.78 Å². The van der Waals surface area contributed by atoms with E-state index >= 15 is 0 Å². The van der Waals surface area contributed by atoms with Gasteiger partial charge >= 0.3 is 0 Å². The van der Waals surface area contributed by atoms with Crippen LogP contribution in [0.1, 0.15) is 11.7 Å². The fourth-order valence-corrected chi connectivity index (χ4v) is 4.39. The van der Waals surface area contributed by atoms with E-state index < -0.39 is 26.6 Å². The Bertz CT molecular complexity index is 994. The topological polar surface area (TPSA) is 66.1 Å². The SMILES string of the molecule is O=S(=O)(c1cc(F)ccc1F)N1CC(c2nc3ccccc3[nH]2)C1. The fraction of sp³-hybridized carbons (Fsp3) is 0.188. The summed E-state index contributed by atoms with van der Waals surface area (Å²) in [5.41, 5.74) is 1.69. The van der Waals surface area contributed by atoms with E-state index in [9.17, 15) is 17.2 Å². The molecule has 0 amide bonds. The molecule has 1 aliphatic rings. The Morgan fingerprint density at radius 3 is 2.62 bits per heavy atom. The number of nitrogens with one attached hydrogen (secondary N) is 1. The number of aromatic nitrogens is 2. The molecule has 0 bridgehead atoms. The molecule has 4 rings (SSSR count). The molecule has 124 valence electrons. The first-order valence-corrected chi connectivity index (χ1v) is 8.79. The number of benzene rings is 2. The molecule has 5 nitrogen and oxygen atoms in total. The van der Waals surface area contributed by atoms with Crippen molar-refractivity contribution in [2.75, 3.05) is 13.1 Å². The number of para-hydroxylation sites is 2. The molecule has 0 radical (unpaired) electrons. The van der Waals surface area contributed by atoms with Crippen LogP contribution in [-0.4, -0.2) is 35.8 Å². The lowest BCUT2D eigenvalue weighted by molar-refractivity contribution is 0.256. The van der Waals surface area contributed by atoms with E-state index in [4.69, 9.17) is 0 Å². The van der Waals surface area contributed by atoms with Crippen molar-refractivity contribution in [3.63, 3.8) is 0 Å². The summed E-state index contributed by atoms with van der Waals surface area (Å²) in [6.07, 6.45) is 0. The van der Waals surface area contributed by atoms with Gasteiger partial charge in [0.15, 0.2) is 0 Å². The van der Waals surface area contributed by atoms with Gasteiger partial charge in [0.25, 0.3) is 0 Å². The smallest absolute Gasteiger partial charge is 0.246 e. The van der Waals surface area contributed by atoms with Crippen LogP contribution in [0.15, 0.2) is 47.4 Å². The molecule has 2 aromatic carbocycles. The van der Waals surface area contributed by atoms with Crippen LogP contribution < -0.4 is 0 Å². The zero-order chi connectivity index (χ0) is 16.9. The van der Waals surface area contributed by atoms with Gasteiger partial charge in [-0.2, -0.15) is 4.31 Å². The fourth-order valence-electron chi connectivity index (χ4n) is 2.79. The molecule has 1 fully saturated rings. The van der Waals surface area contributed by atoms with Crippen LogP contribution in [-0.2, 0) is 10.0 Å². The van der Waals surface area contributed by atoms with Crippen LogP contribution in [0.5, 0.6) is 0 Å². The van der Waals surface area contributed by atoms with E-state index in [1.54, 1.807) is 0 Å². The van der Waals surface area contributed by atoms with E-state index in [0.717, 1.165) is 27.5 Å². The number of sulfonamides is 1. The highest BCUT2D eigenvalue weighted by Crippen LogP contribution is 2.32. The predicted molar refractivity (Wildman–Crippen MR) is 84.0 cm³/mol. The summed E-state index contributed by atoms with van der Waals surface area (Å²) in [7, 11) is -4.05. The first kappa shape index (κ1) is 15.2. The Labute approximate surface area is 137 Å². The van der Waals surface area contributed by atoms with Crippen molar-refractivity contribution in [3.05, 3.63) is 59.9 Å². The maximum absolute atomic E-state index is 13.8. The number of rotatable bonds is 3. The van der Waals surface area contributed by atoms with Crippen LogP contribution >= 0.6 is 0 Å². The highest BCUT2D eigenvalue weighted by atomic mass is 32.2. The Morgan fingerprint density at radius 2 is 1.88 bits per heavy atom. The van der Waals surface area contributed by atoms with Gasteiger partial charge in [-0.1, -0.05) is 12.1 Å². The van der Waals surface area contributed by atoms with Gasteiger partial charge in [-0.05, 0) is 30.3 Å². The summed E-state index contributed by atoms with van der Waals surface area (Å²) < 4.78 is 53.0. The van der Waals surface area contributed by atoms with Crippen molar-refractivity contribution >= 4 is 21.1 Å². The molecule has 24 heavy (non-hydrogen) atoms. The second kappa shape index (κ2) is 5.35. The normalized spacial score (nSPS) is 16.4. The van der Waals surface area contributed by atoms with E-state index in [1.807, 2.05) is 24.3 Å². The Balaban J connectivity index is 1.57. The van der Waals surface area contributed by atoms with E-state index in [-0.39, 0.29) is 19.0 Å². The van der Waals surface area contributed by atoms with Gasteiger partial charge in [0.1, 0.15) is 22.4 Å². The molecular formula is C16H13F2N3O2S. The summed E-state index contributed by atoms with van der Waals surface area (Å²) in [4.78, 5) is 6.97. The second-order valence-corrected chi connectivity index (χ2v) is 7.64. The largest absolute Gasteiger partial charge is 0.342 e. The highest BCUT2D eigenvalue weighted by molar-refractivity contribution is 7.89. The first-order valence-electron chi connectivity index (χ1n) is 7.35. The molecule has 0 spiro atoms. The monoisotopic (exact) mass is 349 g/mol. The van der Waals surface area contributed by atoms with E-state index in [2.05, 4.69) is 9.97 Å². The number of aromatic amines is 1. The lowest BCUT2D eigenvalue weighted by atomic mass is 10.0. The molecular weight excluding hydrogens is 336 g/mol. The molecule has 0 unspecified atom stereocenters. The summed E-state index contributed by atoms with van der Waals surface area (Å²) in [6.45, 7) is 0.357. The van der Waals surface area contributed by atoms with Crippen molar-refractivity contribution in [1.82, 2.24) is 14.3 Å². The third kappa shape index (κ3) is 2.38. The zero-order valence-electron chi connectivity index (χ0n) is 12.4. The van der Waals surface area contributed by atoms with Crippen LogP contribution in [0.3, 0.4) is 0 Å². The quantitative estimate of drug-likeness (QED) is 0.790. The van der Waals surface area contributed by atoms with Gasteiger partial charge in [0.2, 0.25) is 10.0 Å². The molecule has 0 saturated carbocycles. The zero-order valence-corrected chi connectivity index (χ0v) is 13.2. The van der Waals surface area contributed by atoms with Crippen molar-refractivity contribution in [2.24, 2.45) is 0 Å². The van der Waals surface area contributed by atoms with Crippen molar-refractivity contribution in [2.45, 2.75) is 10.8 Å². The van der Waals surface area contributed by atoms with Crippen LogP contribution in [0.25, 0.3) is 11.0 Å². The summed E-state index contributed by atoms with van der Waals surface area (Å²) in [5.74, 6) is -1.14. The molecule has 3 aromatic rings. The van der Waals surface area contributed by atoms with Gasteiger partial charge < -0.3 is 4.98 Å². The lowest BCUT2D eigenvalue weighted by Gasteiger charge is -2.36. The Kier molecular flexibility index (Phi) is 3.40. The minimum absolute atomic E-state index is 0.0937. The molecule has 1 N–H and O–H groups in total. The Morgan fingerprint density at radius 1 is 1.12 bits per heavy atom. The summed E-state index contributed by atoms with van der Waals surface area (Å²) in [6, 6.07) is 9.93. The number of H-pyrrole nitrogens is 1. The average molecular weight is 349 g/mol. The second-order valence-electron chi connectivity index (χ2n) is 5.73. The molecule has 0 aliphatic carbocycles. The number of nitrogens with zero attached hydrogens (tertiary/aromatic N) is 2. The number of hydrogen-bond acceptors (Lipinski definition) is 3. The van der Waals surface area contributed by atoms with Crippen molar-refractivity contribution in [3.8, 4) is 0 Å². The predicted octanol–water partition coefficient (Wildman–Crippen LogP) is 2.63. The minimum atomic E-state index is -4.05. The number of halogens is 2. The van der Waals surface area contributed by atoms with Gasteiger partial charge in [0, 0.05) is 19.0 Å². The van der Waals surface area contributed by atoms with Crippen LogP contribution in [0, 0.1) is 11.6 Å². The number of hydrogen-bond donors (Lipinski definition) is 1. The molecule has 0 atom stereocenters. The lowest BCUT2D eigenvalue weighted by Crippen LogP contribution is -2.48. The maximum atomic E-state index is 13.8. The summed E-state index contributed by atoms with van der Waals surface area (Å²) in [5, 5.41) is 0. The van der Waals surface area contributed by atoms with Gasteiger partial charge in [-0.25, -0.2) is 22.2 Å². The van der Waals surface area contributed by atoms with Gasteiger partial charge in [-0.3, -0.25) is 0 Å². The molecule has 1 aromatic heterocycles. The minimum Gasteiger partial charge on any atom is -0.342 e. The third-order valence-electron chi connectivity index (χ3n) is 4.15. The maximum Gasteiger partial charge on any atom is 0.246 e. The standard InChI is InChI=1S/C16H13F2N3O2S/c17-11-5-6-12(18)15(7-11)24(22,23)21-8-10(9-21)16-19-13-3-1-2-4-14(13)20-16/h1-7,10H,8-9H2,(H,19,20). The third-order valence-corrected chi connectivity index (χ3v) is 6.00. The molecule has 1 aliphatic heterocycles. The van der Waals surface area contributed by atoms with E-state index in [0.29, 0.717) is 11.9 Å². The molecule has 8 heteroatoms.